The monoisotopic (exact) mass is 543 g/mol. The molecule has 3 amide bonds. The van der Waals surface area contributed by atoms with Crippen LogP contribution < -0.4 is 0 Å². The zero-order valence-corrected chi connectivity index (χ0v) is 24.0. The van der Waals surface area contributed by atoms with Crippen molar-refractivity contribution in [1.82, 2.24) is 14.7 Å². The fourth-order valence-electron chi connectivity index (χ4n) is 5.22. The molecule has 2 aliphatic heterocycles. The second-order valence-electron chi connectivity index (χ2n) is 11.8. The number of ether oxygens (including phenoxy) is 1. The first kappa shape index (κ1) is 27.5. The Kier molecular flexibility index (Phi) is 7.45. The van der Waals surface area contributed by atoms with E-state index >= 15 is 0 Å². The van der Waals surface area contributed by atoms with Crippen LogP contribution in [-0.4, -0.2) is 71.9 Å². The minimum Gasteiger partial charge on any atom is -0.451 e. The molecule has 8 nitrogen and oxygen atoms in total. The van der Waals surface area contributed by atoms with Gasteiger partial charge in [0.15, 0.2) is 5.76 Å². The Hall–Kier alpha value is -4.07. The first-order valence-corrected chi connectivity index (χ1v) is 13.8. The Balaban J connectivity index is 1.25. The SMILES string of the molecule is CN(C)C(=O)c1cc2cc(C3=CCCN(C(=O)Cc4ccc5c(c4)CN(C(=O)OC(C)(C)C)CC5)C3)ccc2o1. The van der Waals surface area contributed by atoms with Crippen LogP contribution in [0.25, 0.3) is 16.5 Å². The van der Waals surface area contributed by atoms with Crippen LogP contribution >= 0.6 is 0 Å². The average Bonchev–Trinajstić information content (AvgIpc) is 3.34. The standard InChI is InChI=1S/C32H37N3O5/c1-32(2,3)40-31(38)35-14-12-22-9-8-21(15-26(22)20-35)16-29(36)34-13-6-7-24(19-34)23-10-11-27-25(17-23)18-28(39-27)30(37)33(4)5/h7-11,15,17-18H,6,12-14,16,19-20H2,1-5H3. The smallest absolute Gasteiger partial charge is 0.410 e. The van der Waals surface area contributed by atoms with Gasteiger partial charge in [0.25, 0.3) is 5.91 Å². The van der Waals surface area contributed by atoms with Gasteiger partial charge < -0.3 is 23.9 Å². The number of benzene rings is 2. The number of amides is 3. The van der Waals surface area contributed by atoms with Crippen LogP contribution in [0.3, 0.4) is 0 Å². The molecule has 0 fully saturated rings. The maximum atomic E-state index is 13.4. The van der Waals surface area contributed by atoms with Gasteiger partial charge in [0.2, 0.25) is 5.91 Å². The van der Waals surface area contributed by atoms with Crippen molar-refractivity contribution < 1.29 is 23.5 Å². The van der Waals surface area contributed by atoms with Crippen molar-refractivity contribution in [3.8, 4) is 0 Å². The molecule has 0 unspecified atom stereocenters. The van der Waals surface area contributed by atoms with E-state index in [9.17, 15) is 14.4 Å². The van der Waals surface area contributed by atoms with Crippen LogP contribution in [-0.2, 0) is 28.9 Å². The molecule has 40 heavy (non-hydrogen) atoms. The second kappa shape index (κ2) is 10.8. The zero-order valence-electron chi connectivity index (χ0n) is 24.0. The van der Waals surface area contributed by atoms with Gasteiger partial charge in [-0.2, -0.15) is 0 Å². The number of furan rings is 1. The highest BCUT2D eigenvalue weighted by atomic mass is 16.6. The summed E-state index contributed by atoms with van der Waals surface area (Å²) in [5, 5.41) is 0.863. The van der Waals surface area contributed by atoms with Gasteiger partial charge in [-0.1, -0.05) is 30.3 Å². The summed E-state index contributed by atoms with van der Waals surface area (Å²) in [4.78, 5) is 43.4. The molecule has 3 heterocycles. The molecule has 2 aliphatic rings. The lowest BCUT2D eigenvalue weighted by Gasteiger charge is -2.31. The van der Waals surface area contributed by atoms with Crippen molar-refractivity contribution in [3.05, 3.63) is 76.6 Å². The first-order valence-electron chi connectivity index (χ1n) is 13.8. The molecule has 0 bridgehead atoms. The highest BCUT2D eigenvalue weighted by Crippen LogP contribution is 2.28. The summed E-state index contributed by atoms with van der Waals surface area (Å²) in [5.41, 5.74) is 5.46. The van der Waals surface area contributed by atoms with Gasteiger partial charge in [-0.05, 0) is 79.6 Å². The Morgan fingerprint density at radius 3 is 2.50 bits per heavy atom. The summed E-state index contributed by atoms with van der Waals surface area (Å²) in [5.74, 6) is 0.214. The predicted molar refractivity (Wildman–Crippen MR) is 154 cm³/mol. The molecule has 0 N–H and O–H groups in total. The van der Waals surface area contributed by atoms with Crippen molar-refractivity contribution in [1.29, 1.82) is 0 Å². The Labute approximate surface area is 235 Å². The lowest BCUT2D eigenvalue weighted by atomic mass is 9.96. The molecular formula is C32H37N3O5. The molecule has 0 radical (unpaired) electrons. The molecule has 3 aromatic rings. The minimum absolute atomic E-state index is 0.0774. The summed E-state index contributed by atoms with van der Waals surface area (Å²) in [6, 6.07) is 13.8. The molecule has 0 saturated carbocycles. The van der Waals surface area contributed by atoms with Crippen LogP contribution in [0.1, 0.15) is 60.0 Å². The molecule has 1 aromatic heterocycles. The van der Waals surface area contributed by atoms with E-state index in [1.54, 1.807) is 25.1 Å². The minimum atomic E-state index is -0.536. The number of carbonyl (C=O) groups is 3. The first-order chi connectivity index (χ1) is 19.0. The fraction of sp³-hybridized carbons (Fsp3) is 0.406. The van der Waals surface area contributed by atoms with Crippen molar-refractivity contribution in [2.75, 3.05) is 33.7 Å². The van der Waals surface area contributed by atoms with Gasteiger partial charge in [-0.25, -0.2) is 4.79 Å². The fourth-order valence-corrected chi connectivity index (χ4v) is 5.22. The summed E-state index contributed by atoms with van der Waals surface area (Å²) in [6.07, 6.45) is 3.74. The van der Waals surface area contributed by atoms with E-state index < -0.39 is 5.60 Å². The predicted octanol–water partition coefficient (Wildman–Crippen LogP) is 5.29. The largest absolute Gasteiger partial charge is 0.451 e. The normalized spacial score (nSPS) is 15.5. The number of nitrogens with zero attached hydrogens (tertiary/aromatic N) is 3. The van der Waals surface area contributed by atoms with Crippen LogP contribution in [0, 0.1) is 0 Å². The summed E-state index contributed by atoms with van der Waals surface area (Å²) in [7, 11) is 3.39. The Morgan fingerprint density at radius 2 is 1.75 bits per heavy atom. The van der Waals surface area contributed by atoms with Crippen LogP contribution in [0.4, 0.5) is 4.79 Å². The maximum absolute atomic E-state index is 13.4. The molecule has 5 rings (SSSR count). The molecule has 0 atom stereocenters. The topological polar surface area (TPSA) is 83.3 Å². The van der Waals surface area contributed by atoms with Gasteiger partial charge in [-0.15, -0.1) is 0 Å². The second-order valence-corrected chi connectivity index (χ2v) is 11.8. The highest BCUT2D eigenvalue weighted by molar-refractivity contribution is 5.96. The molecule has 2 aromatic carbocycles. The number of fused-ring (bicyclic) bond motifs is 2. The highest BCUT2D eigenvalue weighted by Gasteiger charge is 2.26. The van der Waals surface area contributed by atoms with E-state index in [0.29, 0.717) is 43.9 Å². The van der Waals surface area contributed by atoms with E-state index in [0.717, 1.165) is 40.5 Å². The third kappa shape index (κ3) is 6.06. The average molecular weight is 544 g/mol. The van der Waals surface area contributed by atoms with Crippen molar-refractivity contribution in [2.24, 2.45) is 0 Å². The molecular weight excluding hydrogens is 506 g/mol. The Morgan fingerprint density at radius 1 is 0.950 bits per heavy atom. The van der Waals surface area contributed by atoms with E-state index in [2.05, 4.69) is 18.2 Å². The van der Waals surface area contributed by atoms with Crippen molar-refractivity contribution >= 4 is 34.4 Å². The molecule has 0 aliphatic carbocycles. The Bertz CT molecular complexity index is 1490. The van der Waals surface area contributed by atoms with Crippen LogP contribution in [0.5, 0.6) is 0 Å². The molecule has 8 heteroatoms. The lowest BCUT2D eigenvalue weighted by Crippen LogP contribution is -2.40. The quantitative estimate of drug-likeness (QED) is 0.447. The number of carbonyl (C=O) groups excluding carboxylic acids is 3. The molecule has 210 valence electrons. The van der Waals surface area contributed by atoms with E-state index in [1.165, 1.54) is 10.5 Å². The van der Waals surface area contributed by atoms with Gasteiger partial charge in [0.1, 0.15) is 11.2 Å². The van der Waals surface area contributed by atoms with Gasteiger partial charge >= 0.3 is 6.09 Å². The third-order valence-electron chi connectivity index (χ3n) is 7.30. The van der Waals surface area contributed by atoms with Gasteiger partial charge in [0, 0.05) is 45.7 Å². The van der Waals surface area contributed by atoms with Crippen LogP contribution in [0.15, 0.2) is 53.0 Å². The third-order valence-corrected chi connectivity index (χ3v) is 7.30. The number of hydrogen-bond donors (Lipinski definition) is 0. The molecule has 0 saturated heterocycles. The number of rotatable bonds is 4. The van der Waals surface area contributed by atoms with Crippen LogP contribution in [0.2, 0.25) is 0 Å². The number of hydrogen-bond acceptors (Lipinski definition) is 5. The van der Waals surface area contributed by atoms with E-state index in [4.69, 9.17) is 9.15 Å². The van der Waals surface area contributed by atoms with E-state index in [1.807, 2.05) is 49.9 Å². The molecule has 0 spiro atoms. The maximum Gasteiger partial charge on any atom is 0.410 e. The zero-order chi connectivity index (χ0) is 28.6. The lowest BCUT2D eigenvalue weighted by molar-refractivity contribution is -0.129. The summed E-state index contributed by atoms with van der Waals surface area (Å²) < 4.78 is 11.3. The van der Waals surface area contributed by atoms with Crippen molar-refractivity contribution in [2.45, 2.75) is 52.2 Å². The van der Waals surface area contributed by atoms with Gasteiger partial charge in [0.05, 0.1) is 6.42 Å². The van der Waals surface area contributed by atoms with Crippen molar-refractivity contribution in [3.63, 3.8) is 0 Å². The summed E-state index contributed by atoms with van der Waals surface area (Å²) >= 11 is 0. The van der Waals surface area contributed by atoms with E-state index in [-0.39, 0.29) is 17.9 Å². The van der Waals surface area contributed by atoms with Gasteiger partial charge in [-0.3, -0.25) is 9.59 Å². The summed E-state index contributed by atoms with van der Waals surface area (Å²) in [6.45, 7) is 7.93.